The lowest BCUT2D eigenvalue weighted by atomic mass is 10.2. The van der Waals surface area contributed by atoms with Crippen LogP contribution in [0, 0.1) is 0 Å². The molecule has 0 amide bonds. The van der Waals surface area contributed by atoms with Gasteiger partial charge in [0.25, 0.3) is 0 Å². The summed E-state index contributed by atoms with van der Waals surface area (Å²) in [5, 5.41) is 8.45. The Bertz CT molecular complexity index is 439. The van der Waals surface area contributed by atoms with Gasteiger partial charge in [-0.05, 0) is 57.8 Å². The van der Waals surface area contributed by atoms with Crippen molar-refractivity contribution in [1.82, 2.24) is 0 Å². The van der Waals surface area contributed by atoms with Gasteiger partial charge in [0, 0.05) is 6.08 Å². The van der Waals surface area contributed by atoms with Crippen molar-refractivity contribution >= 4 is 5.97 Å². The number of carboxylic acid groups (broad SMARTS) is 1. The molecule has 0 atom stereocenters. The minimum Gasteiger partial charge on any atom is -0.478 e. The number of rotatable bonds is 16. The van der Waals surface area contributed by atoms with Crippen molar-refractivity contribution in [2.24, 2.45) is 0 Å². The van der Waals surface area contributed by atoms with E-state index in [0.717, 1.165) is 51.4 Å². The molecule has 0 aromatic carbocycles. The molecule has 0 bridgehead atoms. The largest absolute Gasteiger partial charge is 0.478 e. The van der Waals surface area contributed by atoms with Crippen LogP contribution in [0.5, 0.6) is 0 Å². The molecule has 0 aliphatic rings. The van der Waals surface area contributed by atoms with E-state index in [9.17, 15) is 4.79 Å². The predicted octanol–water partition coefficient (Wildman–Crippen LogP) is 7.16. The zero-order chi connectivity index (χ0) is 18.4. The number of unbranched alkanes of at least 4 members (excludes halogenated alkanes) is 6. The Kier molecular flexibility index (Phi) is 18.7. The highest BCUT2D eigenvalue weighted by Gasteiger charge is 1.84. The van der Waals surface area contributed by atoms with Crippen molar-refractivity contribution < 1.29 is 9.90 Å². The molecule has 0 spiro atoms. The Morgan fingerprint density at radius 3 is 1.24 bits per heavy atom. The van der Waals surface area contributed by atoms with Crippen molar-refractivity contribution in [3.8, 4) is 0 Å². The molecule has 0 saturated heterocycles. The Morgan fingerprint density at radius 2 is 0.920 bits per heavy atom. The summed E-state index contributed by atoms with van der Waals surface area (Å²) in [5.41, 5.74) is 0. The minimum absolute atomic E-state index is 0.791. The van der Waals surface area contributed by atoms with E-state index in [1.54, 1.807) is 6.08 Å². The SMILES string of the molecule is CCCCC=CCCC=CCCC=CCCC=CCCC=CC(=O)O. The molecule has 0 radical (unpaired) electrons. The zero-order valence-electron chi connectivity index (χ0n) is 15.9. The molecule has 0 aliphatic carbocycles. The van der Waals surface area contributed by atoms with Crippen LogP contribution < -0.4 is 0 Å². The Balaban J connectivity index is 3.38. The van der Waals surface area contributed by atoms with Crippen LogP contribution in [0.15, 0.2) is 60.8 Å². The van der Waals surface area contributed by atoms with Crippen molar-refractivity contribution in [2.75, 3.05) is 0 Å². The van der Waals surface area contributed by atoms with Crippen molar-refractivity contribution in [1.29, 1.82) is 0 Å². The summed E-state index contributed by atoms with van der Waals surface area (Å²) in [6.45, 7) is 2.23. The first-order valence-corrected chi connectivity index (χ1v) is 9.76. The molecule has 0 aromatic heterocycles. The van der Waals surface area contributed by atoms with Crippen LogP contribution in [0.1, 0.15) is 77.6 Å². The maximum atomic E-state index is 10.3. The highest BCUT2D eigenvalue weighted by atomic mass is 16.4. The van der Waals surface area contributed by atoms with Crippen LogP contribution in [0.3, 0.4) is 0 Å². The van der Waals surface area contributed by atoms with Gasteiger partial charge in [0.2, 0.25) is 0 Å². The molecule has 25 heavy (non-hydrogen) atoms. The summed E-state index contributed by atoms with van der Waals surface area (Å²) >= 11 is 0. The van der Waals surface area contributed by atoms with E-state index < -0.39 is 5.97 Å². The van der Waals surface area contributed by atoms with E-state index >= 15 is 0 Å². The highest BCUT2D eigenvalue weighted by molar-refractivity contribution is 5.79. The molecule has 0 saturated carbocycles. The third-order valence-electron chi connectivity index (χ3n) is 3.65. The monoisotopic (exact) mass is 344 g/mol. The summed E-state index contributed by atoms with van der Waals surface area (Å²) in [5.74, 6) is -0.872. The second kappa shape index (κ2) is 20.2. The second-order valence-corrected chi connectivity index (χ2v) is 6.08. The maximum Gasteiger partial charge on any atom is 0.327 e. The minimum atomic E-state index is -0.872. The van der Waals surface area contributed by atoms with Crippen LogP contribution in [0.2, 0.25) is 0 Å². The van der Waals surface area contributed by atoms with Gasteiger partial charge in [-0.15, -0.1) is 0 Å². The number of aliphatic carboxylic acids is 1. The maximum absolute atomic E-state index is 10.3. The summed E-state index contributed by atoms with van der Waals surface area (Å²) in [4.78, 5) is 10.3. The van der Waals surface area contributed by atoms with Crippen LogP contribution in [0.4, 0.5) is 0 Å². The fraction of sp³-hybridized carbons (Fsp3) is 0.522. The fourth-order valence-electron chi connectivity index (χ4n) is 2.22. The molecule has 0 fully saturated rings. The van der Waals surface area contributed by atoms with Crippen molar-refractivity contribution in [3.05, 3.63) is 60.8 Å². The molecule has 2 heteroatoms. The molecular formula is C23H36O2. The lowest BCUT2D eigenvalue weighted by Crippen LogP contribution is -1.85. The van der Waals surface area contributed by atoms with Crippen LogP contribution in [-0.4, -0.2) is 11.1 Å². The number of allylic oxidation sites excluding steroid dienone is 9. The molecule has 2 nitrogen and oxygen atoms in total. The topological polar surface area (TPSA) is 37.3 Å². The van der Waals surface area contributed by atoms with E-state index in [-0.39, 0.29) is 0 Å². The van der Waals surface area contributed by atoms with Gasteiger partial charge in [-0.3, -0.25) is 0 Å². The molecule has 0 rings (SSSR count). The van der Waals surface area contributed by atoms with Crippen LogP contribution >= 0.6 is 0 Å². The Morgan fingerprint density at radius 1 is 0.600 bits per heavy atom. The average Bonchev–Trinajstić information content (AvgIpc) is 2.60. The van der Waals surface area contributed by atoms with Gasteiger partial charge in [-0.1, -0.05) is 74.4 Å². The van der Waals surface area contributed by atoms with Gasteiger partial charge in [-0.2, -0.15) is 0 Å². The van der Waals surface area contributed by atoms with Gasteiger partial charge in [-0.25, -0.2) is 4.79 Å². The van der Waals surface area contributed by atoms with Crippen LogP contribution in [0.25, 0.3) is 0 Å². The van der Waals surface area contributed by atoms with Gasteiger partial charge < -0.3 is 5.11 Å². The standard InChI is InChI=1S/C23H36O2/c1-2-3-4-5-6-7-8-9-10-11-12-13-14-15-16-17-18-19-20-21-22-23(24)25/h5-6,9-10,13-14,17-18,21-22H,2-4,7-8,11-12,15-16,19-20H2,1H3,(H,24,25). The van der Waals surface area contributed by atoms with E-state index in [0.29, 0.717) is 0 Å². The third kappa shape index (κ3) is 22.2. The van der Waals surface area contributed by atoms with Gasteiger partial charge >= 0.3 is 5.97 Å². The summed E-state index contributed by atoms with van der Waals surface area (Å²) in [6.07, 6.45) is 33.1. The normalized spacial score (nSPS) is 12.7. The van der Waals surface area contributed by atoms with E-state index in [1.807, 2.05) is 0 Å². The number of carboxylic acids is 1. The first kappa shape index (κ1) is 23.2. The lowest BCUT2D eigenvalue weighted by molar-refractivity contribution is -0.131. The first-order valence-electron chi connectivity index (χ1n) is 9.76. The highest BCUT2D eigenvalue weighted by Crippen LogP contribution is 2.02. The number of carbonyl (C=O) groups is 1. The zero-order valence-corrected chi connectivity index (χ0v) is 15.9. The van der Waals surface area contributed by atoms with Gasteiger partial charge in [0.05, 0.1) is 0 Å². The molecule has 0 unspecified atom stereocenters. The Hall–Kier alpha value is -1.83. The summed E-state index contributed by atoms with van der Waals surface area (Å²) in [6, 6.07) is 0. The summed E-state index contributed by atoms with van der Waals surface area (Å²) < 4.78 is 0. The fourth-order valence-corrected chi connectivity index (χ4v) is 2.22. The second-order valence-electron chi connectivity index (χ2n) is 6.08. The van der Waals surface area contributed by atoms with Crippen LogP contribution in [-0.2, 0) is 4.79 Å². The van der Waals surface area contributed by atoms with Gasteiger partial charge in [0.1, 0.15) is 0 Å². The van der Waals surface area contributed by atoms with E-state index in [2.05, 4.69) is 55.5 Å². The predicted molar refractivity (Wildman–Crippen MR) is 110 cm³/mol. The van der Waals surface area contributed by atoms with Crippen molar-refractivity contribution in [3.63, 3.8) is 0 Å². The number of hydrogen-bond acceptors (Lipinski definition) is 1. The summed E-state index contributed by atoms with van der Waals surface area (Å²) in [7, 11) is 0. The molecular weight excluding hydrogens is 308 g/mol. The average molecular weight is 345 g/mol. The molecule has 140 valence electrons. The molecule has 0 aliphatic heterocycles. The first-order chi connectivity index (χ1) is 12.3. The van der Waals surface area contributed by atoms with Gasteiger partial charge in [0.15, 0.2) is 0 Å². The molecule has 0 heterocycles. The quantitative estimate of drug-likeness (QED) is 0.183. The lowest BCUT2D eigenvalue weighted by Gasteiger charge is -1.91. The van der Waals surface area contributed by atoms with E-state index in [4.69, 9.17) is 5.11 Å². The third-order valence-corrected chi connectivity index (χ3v) is 3.65. The molecule has 0 aromatic rings. The van der Waals surface area contributed by atoms with E-state index in [1.165, 1.54) is 25.3 Å². The Labute approximate surface area is 154 Å². The van der Waals surface area contributed by atoms with Crippen molar-refractivity contribution in [2.45, 2.75) is 77.6 Å². The number of hydrogen-bond donors (Lipinski definition) is 1. The molecule has 1 N–H and O–H groups in total. The smallest absolute Gasteiger partial charge is 0.327 e.